The SMILES string of the molecule is O=C1CCCCC[CH]N1. The molecular formula is C7H12NO. The van der Waals surface area contributed by atoms with Crippen LogP contribution in [-0.2, 0) is 4.79 Å². The summed E-state index contributed by atoms with van der Waals surface area (Å²) in [5, 5.41) is 2.72. The first-order valence-electron chi connectivity index (χ1n) is 3.50. The van der Waals surface area contributed by atoms with Gasteiger partial charge in [0.1, 0.15) is 0 Å². The number of nitrogens with one attached hydrogen (secondary N) is 1. The highest BCUT2D eigenvalue weighted by Crippen LogP contribution is 2.06. The van der Waals surface area contributed by atoms with Gasteiger partial charge in [0, 0.05) is 13.0 Å². The minimum Gasteiger partial charge on any atom is -0.351 e. The van der Waals surface area contributed by atoms with Gasteiger partial charge in [0.2, 0.25) is 5.91 Å². The van der Waals surface area contributed by atoms with Gasteiger partial charge < -0.3 is 5.32 Å². The molecule has 1 radical (unpaired) electrons. The highest BCUT2D eigenvalue weighted by molar-refractivity contribution is 5.76. The molecule has 0 spiro atoms. The van der Waals surface area contributed by atoms with Crippen molar-refractivity contribution in [1.82, 2.24) is 5.32 Å². The van der Waals surface area contributed by atoms with Crippen molar-refractivity contribution in [2.24, 2.45) is 0 Å². The first-order chi connectivity index (χ1) is 4.39. The molecule has 1 N–H and O–H groups in total. The predicted molar refractivity (Wildman–Crippen MR) is 35.5 cm³/mol. The van der Waals surface area contributed by atoms with Gasteiger partial charge in [0.05, 0.1) is 0 Å². The minimum atomic E-state index is 0.176. The Kier molecular flexibility index (Phi) is 2.55. The van der Waals surface area contributed by atoms with E-state index in [9.17, 15) is 4.79 Å². The average molecular weight is 126 g/mol. The maximum Gasteiger partial charge on any atom is 0.220 e. The van der Waals surface area contributed by atoms with Gasteiger partial charge in [0.15, 0.2) is 0 Å². The maximum absolute atomic E-state index is 10.7. The Morgan fingerprint density at radius 3 is 3.11 bits per heavy atom. The summed E-state index contributed by atoms with van der Waals surface area (Å²) < 4.78 is 0. The third kappa shape index (κ3) is 2.49. The molecule has 1 saturated heterocycles. The number of hydrogen-bond donors (Lipinski definition) is 1. The molecule has 0 aromatic rings. The zero-order valence-electron chi connectivity index (χ0n) is 5.52. The van der Waals surface area contributed by atoms with Crippen molar-refractivity contribution in [3.05, 3.63) is 6.54 Å². The molecule has 0 aromatic heterocycles. The van der Waals surface area contributed by atoms with Gasteiger partial charge in [-0.05, 0) is 12.8 Å². The summed E-state index contributed by atoms with van der Waals surface area (Å²) in [6, 6.07) is 0. The van der Waals surface area contributed by atoms with Crippen molar-refractivity contribution in [2.75, 3.05) is 0 Å². The van der Waals surface area contributed by atoms with Crippen LogP contribution in [-0.4, -0.2) is 5.91 Å². The summed E-state index contributed by atoms with van der Waals surface area (Å²) in [6.07, 6.45) is 5.21. The van der Waals surface area contributed by atoms with Gasteiger partial charge in [-0.15, -0.1) is 0 Å². The predicted octanol–water partition coefficient (Wildman–Crippen LogP) is 1.23. The number of amides is 1. The van der Waals surface area contributed by atoms with E-state index in [1.165, 1.54) is 12.8 Å². The van der Waals surface area contributed by atoms with Crippen LogP contribution in [0.2, 0.25) is 0 Å². The van der Waals surface area contributed by atoms with Crippen LogP contribution in [0, 0.1) is 6.54 Å². The van der Waals surface area contributed by atoms with Gasteiger partial charge in [-0.2, -0.15) is 0 Å². The molecule has 1 aliphatic rings. The van der Waals surface area contributed by atoms with E-state index in [1.807, 2.05) is 6.54 Å². The van der Waals surface area contributed by atoms with Crippen LogP contribution < -0.4 is 5.32 Å². The van der Waals surface area contributed by atoms with Crippen molar-refractivity contribution in [1.29, 1.82) is 0 Å². The minimum absolute atomic E-state index is 0.176. The van der Waals surface area contributed by atoms with Crippen molar-refractivity contribution >= 4 is 5.91 Å². The lowest BCUT2D eigenvalue weighted by Gasteiger charge is -2.07. The average Bonchev–Trinajstić information content (AvgIpc) is 1.79. The number of carbonyl (C=O) groups excluding carboxylic acids is 1. The summed E-state index contributed by atoms with van der Waals surface area (Å²) in [4.78, 5) is 10.7. The molecule has 1 rings (SSSR count). The van der Waals surface area contributed by atoms with Crippen LogP contribution in [0.25, 0.3) is 0 Å². The Bertz CT molecular complexity index is 91.1. The van der Waals surface area contributed by atoms with E-state index in [2.05, 4.69) is 5.32 Å². The Morgan fingerprint density at radius 2 is 2.22 bits per heavy atom. The van der Waals surface area contributed by atoms with Crippen molar-refractivity contribution in [2.45, 2.75) is 32.1 Å². The fraction of sp³-hybridized carbons (Fsp3) is 0.714. The van der Waals surface area contributed by atoms with E-state index in [4.69, 9.17) is 0 Å². The first-order valence-corrected chi connectivity index (χ1v) is 3.50. The molecule has 0 aliphatic carbocycles. The first kappa shape index (κ1) is 6.59. The fourth-order valence-corrected chi connectivity index (χ4v) is 0.967. The lowest BCUT2D eigenvalue weighted by Crippen LogP contribution is -2.21. The quantitative estimate of drug-likeness (QED) is 0.519. The lowest BCUT2D eigenvalue weighted by atomic mass is 10.1. The summed E-state index contributed by atoms with van der Waals surface area (Å²) in [5.41, 5.74) is 0. The third-order valence-electron chi connectivity index (χ3n) is 1.52. The summed E-state index contributed by atoms with van der Waals surface area (Å²) >= 11 is 0. The molecule has 1 heterocycles. The second kappa shape index (κ2) is 3.49. The topological polar surface area (TPSA) is 29.1 Å². The molecule has 9 heavy (non-hydrogen) atoms. The molecule has 0 unspecified atom stereocenters. The van der Waals surface area contributed by atoms with E-state index < -0.39 is 0 Å². The fourth-order valence-electron chi connectivity index (χ4n) is 0.967. The zero-order chi connectivity index (χ0) is 6.53. The van der Waals surface area contributed by atoms with E-state index >= 15 is 0 Å². The summed E-state index contributed by atoms with van der Waals surface area (Å²) in [5.74, 6) is 0.176. The van der Waals surface area contributed by atoms with Crippen LogP contribution in [0.1, 0.15) is 32.1 Å². The third-order valence-corrected chi connectivity index (χ3v) is 1.52. The van der Waals surface area contributed by atoms with E-state index in [1.54, 1.807) is 0 Å². The van der Waals surface area contributed by atoms with Crippen molar-refractivity contribution in [3.8, 4) is 0 Å². The van der Waals surface area contributed by atoms with Crippen LogP contribution >= 0.6 is 0 Å². The van der Waals surface area contributed by atoms with Crippen molar-refractivity contribution in [3.63, 3.8) is 0 Å². The van der Waals surface area contributed by atoms with Gasteiger partial charge in [-0.25, -0.2) is 0 Å². The van der Waals surface area contributed by atoms with Gasteiger partial charge >= 0.3 is 0 Å². The molecule has 1 fully saturated rings. The zero-order valence-corrected chi connectivity index (χ0v) is 5.52. The molecule has 2 nitrogen and oxygen atoms in total. The van der Waals surface area contributed by atoms with E-state index in [0.29, 0.717) is 6.42 Å². The normalized spacial score (nSPS) is 22.0. The van der Waals surface area contributed by atoms with Crippen molar-refractivity contribution < 1.29 is 4.79 Å². The smallest absolute Gasteiger partial charge is 0.220 e. The Hall–Kier alpha value is -0.530. The van der Waals surface area contributed by atoms with Gasteiger partial charge in [0.25, 0.3) is 0 Å². The largest absolute Gasteiger partial charge is 0.351 e. The highest BCUT2D eigenvalue weighted by atomic mass is 16.1. The molecule has 1 aliphatic heterocycles. The van der Waals surface area contributed by atoms with Crippen LogP contribution in [0.4, 0.5) is 0 Å². The Labute approximate surface area is 55.6 Å². The molecule has 0 saturated carbocycles. The van der Waals surface area contributed by atoms with E-state index in [-0.39, 0.29) is 5.91 Å². The monoisotopic (exact) mass is 126 g/mol. The van der Waals surface area contributed by atoms with Gasteiger partial charge in [-0.1, -0.05) is 12.8 Å². The second-order valence-corrected chi connectivity index (χ2v) is 2.37. The van der Waals surface area contributed by atoms with Crippen LogP contribution in [0.15, 0.2) is 0 Å². The number of rotatable bonds is 0. The Balaban J connectivity index is 2.20. The molecular weight excluding hydrogens is 114 g/mol. The molecule has 0 atom stereocenters. The maximum atomic E-state index is 10.7. The van der Waals surface area contributed by atoms with Gasteiger partial charge in [-0.3, -0.25) is 4.79 Å². The summed E-state index contributed by atoms with van der Waals surface area (Å²) in [6.45, 7) is 1.86. The highest BCUT2D eigenvalue weighted by Gasteiger charge is 2.03. The Morgan fingerprint density at radius 1 is 1.33 bits per heavy atom. The molecule has 2 heteroatoms. The van der Waals surface area contributed by atoms with Crippen LogP contribution in [0.3, 0.4) is 0 Å². The second-order valence-electron chi connectivity index (χ2n) is 2.37. The van der Waals surface area contributed by atoms with Crippen LogP contribution in [0.5, 0.6) is 0 Å². The molecule has 0 aromatic carbocycles. The summed E-state index contributed by atoms with van der Waals surface area (Å²) in [7, 11) is 0. The lowest BCUT2D eigenvalue weighted by molar-refractivity contribution is -0.120. The number of carbonyl (C=O) groups is 1. The molecule has 0 bridgehead atoms. The molecule has 51 valence electrons. The standard InChI is InChI=1S/C7H12NO/c9-7-5-3-1-2-4-6-8-7/h6H,1-5H2,(H,8,9). The molecule has 1 amide bonds. The van der Waals surface area contributed by atoms with E-state index in [0.717, 1.165) is 12.8 Å². The number of hydrogen-bond acceptors (Lipinski definition) is 1.